The van der Waals surface area contributed by atoms with Crippen LogP contribution in [0.15, 0.2) is 60.7 Å². The van der Waals surface area contributed by atoms with Crippen molar-refractivity contribution in [3.63, 3.8) is 0 Å². The Hall–Kier alpha value is -4.17. The van der Waals surface area contributed by atoms with E-state index < -0.39 is 29.2 Å². The highest BCUT2D eigenvalue weighted by Crippen LogP contribution is 2.50. The van der Waals surface area contributed by atoms with E-state index in [1.807, 2.05) is 0 Å². The average Bonchev–Trinajstić information content (AvgIpc) is 3.47. The molecule has 0 spiro atoms. The lowest BCUT2D eigenvalue weighted by molar-refractivity contribution is -0.376. The number of fused-ring (bicyclic) bond motifs is 1. The van der Waals surface area contributed by atoms with Crippen LogP contribution in [0.3, 0.4) is 0 Å². The van der Waals surface area contributed by atoms with E-state index in [0.717, 1.165) is 12.1 Å². The Labute approximate surface area is 260 Å². The molecule has 0 bridgehead atoms. The van der Waals surface area contributed by atoms with E-state index in [1.54, 1.807) is 56.3 Å². The number of rotatable bonds is 10. The average molecular weight is 655 g/mol. The van der Waals surface area contributed by atoms with Gasteiger partial charge in [0.25, 0.3) is 5.60 Å². The maximum Gasteiger partial charge on any atom is 0.430 e. The number of hydrogen-bond acceptors (Lipinski definition) is 6. The van der Waals surface area contributed by atoms with Crippen molar-refractivity contribution < 1.29 is 55.2 Å². The number of nitrogens with zero attached hydrogens (tertiary/aromatic N) is 1. The van der Waals surface area contributed by atoms with Crippen LogP contribution < -0.4 is 19.5 Å². The van der Waals surface area contributed by atoms with Gasteiger partial charge in [0.2, 0.25) is 6.79 Å². The summed E-state index contributed by atoms with van der Waals surface area (Å²) in [5.41, 5.74) is -5.54. The van der Waals surface area contributed by atoms with Crippen molar-refractivity contribution in [2.75, 3.05) is 26.7 Å². The number of benzene rings is 3. The van der Waals surface area contributed by atoms with Crippen molar-refractivity contribution in [1.82, 2.24) is 10.2 Å². The second-order valence-electron chi connectivity index (χ2n) is 11.1. The molecule has 2 amide bonds. The molecule has 5 rings (SSSR count). The minimum Gasteiger partial charge on any atom is -0.494 e. The van der Waals surface area contributed by atoms with E-state index in [4.69, 9.17) is 18.9 Å². The number of hydrogen-bond donors (Lipinski definition) is 2. The van der Waals surface area contributed by atoms with Gasteiger partial charge in [-0.05, 0) is 60.7 Å². The van der Waals surface area contributed by atoms with Crippen LogP contribution in [0.1, 0.15) is 43.4 Å². The molecule has 8 nitrogen and oxygen atoms in total. The number of halogens is 6. The first-order valence-corrected chi connectivity index (χ1v) is 14.5. The Balaban J connectivity index is 1.21. The number of aryl methyl sites for hydroxylation is 1. The van der Waals surface area contributed by atoms with E-state index in [0.29, 0.717) is 59.4 Å². The summed E-state index contributed by atoms with van der Waals surface area (Å²) in [5.74, 6) is 1.59. The molecule has 0 aromatic heterocycles. The minimum atomic E-state index is -5.97. The van der Waals surface area contributed by atoms with Crippen molar-refractivity contribution in [2.45, 2.75) is 56.8 Å². The number of nitrogens with one attached hydrogen (secondary N) is 1. The van der Waals surface area contributed by atoms with Gasteiger partial charge in [-0.15, -0.1) is 0 Å². The van der Waals surface area contributed by atoms with Gasteiger partial charge < -0.3 is 34.3 Å². The molecule has 0 radical (unpaired) electrons. The molecule has 3 aromatic rings. The molecule has 2 heterocycles. The van der Waals surface area contributed by atoms with Crippen molar-refractivity contribution in [2.24, 2.45) is 0 Å². The molecule has 0 aliphatic carbocycles. The van der Waals surface area contributed by atoms with E-state index in [9.17, 15) is 36.2 Å². The van der Waals surface area contributed by atoms with Crippen molar-refractivity contribution in [3.8, 4) is 28.4 Å². The van der Waals surface area contributed by atoms with E-state index in [-0.39, 0.29) is 38.1 Å². The molecular formula is C32H32F6N2O6. The fourth-order valence-electron chi connectivity index (χ4n) is 5.36. The first-order chi connectivity index (χ1) is 21.7. The fraction of sp³-hybridized carbons (Fsp3) is 0.406. The molecule has 14 heteroatoms. The van der Waals surface area contributed by atoms with Crippen molar-refractivity contribution >= 4 is 6.03 Å². The normalized spacial score (nSPS) is 18.5. The molecule has 0 saturated carbocycles. The largest absolute Gasteiger partial charge is 0.494 e. The summed E-state index contributed by atoms with van der Waals surface area (Å²) in [7, 11) is 0. The third kappa shape index (κ3) is 6.41. The third-order valence-corrected chi connectivity index (χ3v) is 7.91. The van der Waals surface area contributed by atoms with Crippen molar-refractivity contribution in [3.05, 3.63) is 77.4 Å². The standard InChI is InChI=1S/C32H32F6N2O6/c1-3-6-20-15-23(30(42,31(33,34)35)32(36,37)38)9-11-25(20)21-7-4-8-24(16-21)43-14-5-13-40-18-46-29(2,39-28(40)41)22-10-12-26-27(17-22)45-19-44-26/h4,7-12,15-17,42H,3,5-6,13-14,18-19H2,1-2H3,(H,39,41). The van der Waals surface area contributed by atoms with Crippen molar-refractivity contribution in [1.29, 1.82) is 0 Å². The van der Waals surface area contributed by atoms with Gasteiger partial charge in [0.1, 0.15) is 12.5 Å². The lowest BCUT2D eigenvalue weighted by Crippen LogP contribution is -2.58. The molecule has 46 heavy (non-hydrogen) atoms. The van der Waals surface area contributed by atoms with Crippen LogP contribution in [0, 0.1) is 0 Å². The molecular weight excluding hydrogens is 622 g/mol. The number of alkyl halides is 6. The van der Waals surface area contributed by atoms with Gasteiger partial charge in [-0.3, -0.25) is 0 Å². The fourth-order valence-corrected chi connectivity index (χ4v) is 5.36. The van der Waals surface area contributed by atoms with Crippen LogP contribution in [0.5, 0.6) is 17.2 Å². The minimum absolute atomic E-state index is 0.0280. The lowest BCUT2D eigenvalue weighted by atomic mass is 9.87. The van der Waals surface area contributed by atoms with E-state index in [1.165, 1.54) is 4.90 Å². The Kier molecular flexibility index (Phi) is 9.06. The summed E-state index contributed by atoms with van der Waals surface area (Å²) in [4.78, 5) is 14.3. The number of carbonyl (C=O) groups is 1. The molecule has 1 unspecified atom stereocenters. The summed E-state index contributed by atoms with van der Waals surface area (Å²) < 4.78 is 103. The molecule has 2 aliphatic heterocycles. The quantitative estimate of drug-likeness (QED) is 0.181. The zero-order valence-corrected chi connectivity index (χ0v) is 24.9. The van der Waals surface area contributed by atoms with Gasteiger partial charge in [0.05, 0.1) is 6.61 Å². The van der Waals surface area contributed by atoms with Gasteiger partial charge in [-0.1, -0.05) is 49.7 Å². The van der Waals surface area contributed by atoms with Crippen LogP contribution in [0.4, 0.5) is 31.1 Å². The second-order valence-corrected chi connectivity index (χ2v) is 11.1. The van der Waals surface area contributed by atoms with Crippen LogP contribution in [0.25, 0.3) is 11.1 Å². The topological polar surface area (TPSA) is 89.5 Å². The number of aliphatic hydroxyl groups is 1. The Morgan fingerprint density at radius 1 is 0.978 bits per heavy atom. The second kappa shape index (κ2) is 12.6. The summed E-state index contributed by atoms with van der Waals surface area (Å²) in [6.07, 6.45) is -10.9. The molecule has 2 aliphatic rings. The number of amides is 2. The number of ether oxygens (including phenoxy) is 4. The highest BCUT2D eigenvalue weighted by molar-refractivity contribution is 5.75. The summed E-state index contributed by atoms with van der Waals surface area (Å²) in [6, 6.07) is 14.1. The highest BCUT2D eigenvalue weighted by Gasteiger charge is 2.71. The van der Waals surface area contributed by atoms with E-state index >= 15 is 0 Å². The smallest absolute Gasteiger partial charge is 0.430 e. The molecule has 1 saturated heterocycles. The maximum atomic E-state index is 13.5. The predicted octanol–water partition coefficient (Wildman–Crippen LogP) is 6.99. The summed E-state index contributed by atoms with van der Waals surface area (Å²) in [5, 5.41) is 12.7. The van der Waals surface area contributed by atoms with Crippen LogP contribution in [0.2, 0.25) is 0 Å². The predicted molar refractivity (Wildman–Crippen MR) is 153 cm³/mol. The Bertz CT molecular complexity index is 1570. The van der Waals surface area contributed by atoms with Gasteiger partial charge in [-0.25, -0.2) is 4.79 Å². The van der Waals surface area contributed by atoms with Gasteiger partial charge in [-0.2, -0.15) is 26.3 Å². The van der Waals surface area contributed by atoms with Crippen LogP contribution >= 0.6 is 0 Å². The molecule has 1 fully saturated rings. The van der Waals surface area contributed by atoms with Crippen LogP contribution in [-0.2, 0) is 22.5 Å². The molecule has 3 aromatic carbocycles. The molecule has 2 N–H and O–H groups in total. The molecule has 1 atom stereocenters. The van der Waals surface area contributed by atoms with Gasteiger partial charge in [0, 0.05) is 17.7 Å². The Morgan fingerprint density at radius 3 is 2.41 bits per heavy atom. The lowest BCUT2D eigenvalue weighted by Gasteiger charge is -2.40. The summed E-state index contributed by atoms with van der Waals surface area (Å²) in [6.45, 7) is 4.14. The number of urea groups is 1. The third-order valence-electron chi connectivity index (χ3n) is 7.91. The first-order valence-electron chi connectivity index (χ1n) is 14.5. The maximum absolute atomic E-state index is 13.5. The zero-order chi connectivity index (χ0) is 33.3. The highest BCUT2D eigenvalue weighted by atomic mass is 19.4. The monoisotopic (exact) mass is 654 g/mol. The van der Waals surface area contributed by atoms with E-state index in [2.05, 4.69) is 5.32 Å². The zero-order valence-electron chi connectivity index (χ0n) is 24.9. The first kappa shape index (κ1) is 33.2. The Morgan fingerprint density at radius 2 is 1.72 bits per heavy atom. The van der Waals surface area contributed by atoms with Gasteiger partial charge in [0.15, 0.2) is 17.2 Å². The van der Waals surface area contributed by atoms with Gasteiger partial charge >= 0.3 is 18.4 Å². The SMILES string of the molecule is CCCc1cc(C(O)(C(F)(F)F)C(F)(F)F)ccc1-c1cccc(OCCCN2COC(C)(c3ccc4c(c3)OCO4)NC2=O)c1. The molecule has 248 valence electrons. The summed E-state index contributed by atoms with van der Waals surface area (Å²) >= 11 is 0. The van der Waals surface area contributed by atoms with Crippen LogP contribution in [-0.4, -0.2) is 55.1 Å². The number of carbonyl (C=O) groups excluding carboxylic acids is 1.